The van der Waals surface area contributed by atoms with Crippen molar-refractivity contribution < 1.29 is 9.53 Å². The van der Waals surface area contributed by atoms with Crippen molar-refractivity contribution in [2.24, 2.45) is 0 Å². The lowest BCUT2D eigenvalue weighted by Gasteiger charge is -2.19. The van der Waals surface area contributed by atoms with Gasteiger partial charge in [-0.2, -0.15) is 0 Å². The largest absolute Gasteiger partial charge is 0.376 e. The highest BCUT2D eigenvalue weighted by atomic mass is 16.5. The highest BCUT2D eigenvalue weighted by Gasteiger charge is 2.17. The predicted octanol–water partition coefficient (Wildman–Crippen LogP) is -0.423. The molecule has 1 atom stereocenters. The molecule has 2 aliphatic rings. The Balaban J connectivity index is 1.61. The van der Waals surface area contributed by atoms with E-state index in [9.17, 15) is 4.79 Å². The lowest BCUT2D eigenvalue weighted by atomic mass is 10.2. The lowest BCUT2D eigenvalue weighted by Crippen LogP contribution is -2.41. The molecule has 98 valence electrons. The average molecular weight is 241 g/mol. The van der Waals surface area contributed by atoms with E-state index in [-0.39, 0.29) is 12.0 Å². The van der Waals surface area contributed by atoms with E-state index in [2.05, 4.69) is 15.5 Å². The number of carbonyl (C=O) groups excluding carboxylic acids is 1. The van der Waals surface area contributed by atoms with Crippen molar-refractivity contribution >= 4 is 5.91 Å². The Morgan fingerprint density at radius 1 is 1.35 bits per heavy atom. The zero-order chi connectivity index (χ0) is 11.9. The SMILES string of the molecule is O=C(CN1CCCNCC1)NCC1CCCO1. The highest BCUT2D eigenvalue weighted by Crippen LogP contribution is 2.10. The maximum absolute atomic E-state index is 11.8. The average Bonchev–Trinajstić information content (AvgIpc) is 2.72. The van der Waals surface area contributed by atoms with E-state index in [1.807, 2.05) is 0 Å². The zero-order valence-electron chi connectivity index (χ0n) is 10.4. The Hall–Kier alpha value is -0.650. The Kier molecular flexibility index (Phi) is 5.22. The molecule has 2 heterocycles. The summed E-state index contributed by atoms with van der Waals surface area (Å²) in [7, 11) is 0. The normalized spacial score (nSPS) is 26.7. The summed E-state index contributed by atoms with van der Waals surface area (Å²) < 4.78 is 5.47. The van der Waals surface area contributed by atoms with Gasteiger partial charge in [0, 0.05) is 26.2 Å². The van der Waals surface area contributed by atoms with E-state index in [4.69, 9.17) is 4.74 Å². The molecule has 17 heavy (non-hydrogen) atoms. The second-order valence-corrected chi connectivity index (χ2v) is 4.82. The third kappa shape index (κ3) is 4.61. The standard InChI is InChI=1S/C12H23N3O2/c16-12(14-9-11-3-1-8-17-11)10-15-6-2-4-13-5-7-15/h11,13H,1-10H2,(H,14,16). The number of ether oxygens (including phenoxy) is 1. The van der Waals surface area contributed by atoms with Crippen LogP contribution in [0.1, 0.15) is 19.3 Å². The minimum atomic E-state index is 0.127. The first kappa shape index (κ1) is 12.8. The lowest BCUT2D eigenvalue weighted by molar-refractivity contribution is -0.122. The maximum Gasteiger partial charge on any atom is 0.234 e. The van der Waals surface area contributed by atoms with Crippen molar-refractivity contribution in [3.63, 3.8) is 0 Å². The minimum Gasteiger partial charge on any atom is -0.376 e. The monoisotopic (exact) mass is 241 g/mol. The summed E-state index contributed by atoms with van der Waals surface area (Å²) in [6.45, 7) is 6.07. The molecule has 0 aromatic heterocycles. The summed E-state index contributed by atoms with van der Waals surface area (Å²) >= 11 is 0. The molecule has 5 nitrogen and oxygen atoms in total. The predicted molar refractivity (Wildman–Crippen MR) is 65.9 cm³/mol. The number of nitrogens with zero attached hydrogens (tertiary/aromatic N) is 1. The van der Waals surface area contributed by atoms with E-state index < -0.39 is 0 Å². The fraction of sp³-hybridized carbons (Fsp3) is 0.917. The van der Waals surface area contributed by atoms with Crippen LogP contribution in [0.15, 0.2) is 0 Å². The second kappa shape index (κ2) is 6.93. The first-order valence-electron chi connectivity index (χ1n) is 6.66. The summed E-state index contributed by atoms with van der Waals surface area (Å²) in [6, 6.07) is 0. The van der Waals surface area contributed by atoms with Crippen molar-refractivity contribution in [3.05, 3.63) is 0 Å². The van der Waals surface area contributed by atoms with Crippen LogP contribution in [0.2, 0.25) is 0 Å². The van der Waals surface area contributed by atoms with E-state index in [1.54, 1.807) is 0 Å². The molecule has 0 aromatic rings. The van der Waals surface area contributed by atoms with Crippen LogP contribution < -0.4 is 10.6 Å². The highest BCUT2D eigenvalue weighted by molar-refractivity contribution is 5.78. The van der Waals surface area contributed by atoms with Crippen LogP contribution in [0, 0.1) is 0 Å². The summed E-state index contributed by atoms with van der Waals surface area (Å²) in [5, 5.41) is 6.30. The van der Waals surface area contributed by atoms with Gasteiger partial charge < -0.3 is 15.4 Å². The van der Waals surface area contributed by atoms with Gasteiger partial charge in [0.1, 0.15) is 0 Å². The fourth-order valence-electron chi connectivity index (χ4n) is 2.35. The van der Waals surface area contributed by atoms with Gasteiger partial charge in [-0.15, -0.1) is 0 Å². The Morgan fingerprint density at radius 3 is 3.12 bits per heavy atom. The number of nitrogens with one attached hydrogen (secondary N) is 2. The van der Waals surface area contributed by atoms with Crippen LogP contribution in [0.4, 0.5) is 0 Å². The van der Waals surface area contributed by atoms with Crippen LogP contribution >= 0.6 is 0 Å². The number of rotatable bonds is 4. The molecule has 2 fully saturated rings. The summed E-state index contributed by atoms with van der Waals surface area (Å²) in [5.41, 5.74) is 0. The molecule has 2 aliphatic heterocycles. The van der Waals surface area contributed by atoms with Crippen LogP contribution in [-0.4, -0.2) is 62.8 Å². The molecule has 1 amide bonds. The second-order valence-electron chi connectivity index (χ2n) is 4.82. The molecule has 0 saturated carbocycles. The fourth-order valence-corrected chi connectivity index (χ4v) is 2.35. The van der Waals surface area contributed by atoms with Crippen LogP contribution in [0.3, 0.4) is 0 Å². The van der Waals surface area contributed by atoms with Gasteiger partial charge in [0.15, 0.2) is 0 Å². The summed E-state index contributed by atoms with van der Waals surface area (Å²) in [4.78, 5) is 14.0. The first-order chi connectivity index (χ1) is 8.34. The molecule has 0 aliphatic carbocycles. The molecule has 5 heteroatoms. The van der Waals surface area contributed by atoms with Gasteiger partial charge in [0.25, 0.3) is 0 Å². The van der Waals surface area contributed by atoms with E-state index in [0.717, 1.165) is 52.0 Å². The van der Waals surface area contributed by atoms with Crippen LogP contribution in [0.25, 0.3) is 0 Å². The van der Waals surface area contributed by atoms with Gasteiger partial charge in [-0.25, -0.2) is 0 Å². The molecule has 0 aromatic carbocycles. The number of hydrogen-bond acceptors (Lipinski definition) is 4. The smallest absolute Gasteiger partial charge is 0.234 e. The van der Waals surface area contributed by atoms with Gasteiger partial charge in [0.2, 0.25) is 5.91 Å². The van der Waals surface area contributed by atoms with Gasteiger partial charge >= 0.3 is 0 Å². The molecule has 2 saturated heterocycles. The van der Waals surface area contributed by atoms with E-state index in [0.29, 0.717) is 13.1 Å². The maximum atomic E-state index is 11.8. The molecule has 0 bridgehead atoms. The van der Waals surface area contributed by atoms with Crippen molar-refractivity contribution in [1.29, 1.82) is 0 Å². The van der Waals surface area contributed by atoms with Crippen molar-refractivity contribution in [2.75, 3.05) is 45.9 Å². The van der Waals surface area contributed by atoms with E-state index in [1.165, 1.54) is 0 Å². The quantitative estimate of drug-likeness (QED) is 0.702. The molecular formula is C12H23N3O2. The topological polar surface area (TPSA) is 53.6 Å². The van der Waals surface area contributed by atoms with Gasteiger partial charge in [-0.3, -0.25) is 9.69 Å². The molecule has 0 spiro atoms. The molecule has 2 N–H and O–H groups in total. The summed E-state index contributed by atoms with van der Waals surface area (Å²) in [5.74, 6) is 0.127. The van der Waals surface area contributed by atoms with Crippen LogP contribution in [-0.2, 0) is 9.53 Å². The Morgan fingerprint density at radius 2 is 2.29 bits per heavy atom. The van der Waals surface area contributed by atoms with Gasteiger partial charge in [0.05, 0.1) is 12.6 Å². The minimum absolute atomic E-state index is 0.127. The Labute approximate surface area is 103 Å². The summed E-state index contributed by atoms with van der Waals surface area (Å²) in [6.07, 6.45) is 3.57. The van der Waals surface area contributed by atoms with Crippen LogP contribution in [0.5, 0.6) is 0 Å². The number of amides is 1. The Bertz CT molecular complexity index is 234. The molecule has 0 radical (unpaired) electrons. The molecule has 2 rings (SSSR count). The van der Waals surface area contributed by atoms with Crippen molar-refractivity contribution in [3.8, 4) is 0 Å². The van der Waals surface area contributed by atoms with Gasteiger partial charge in [-0.05, 0) is 32.4 Å². The third-order valence-electron chi connectivity index (χ3n) is 3.35. The van der Waals surface area contributed by atoms with Gasteiger partial charge in [-0.1, -0.05) is 0 Å². The first-order valence-corrected chi connectivity index (χ1v) is 6.66. The zero-order valence-corrected chi connectivity index (χ0v) is 10.4. The third-order valence-corrected chi connectivity index (χ3v) is 3.35. The molecular weight excluding hydrogens is 218 g/mol. The molecule has 1 unspecified atom stereocenters. The van der Waals surface area contributed by atoms with Crippen molar-refractivity contribution in [2.45, 2.75) is 25.4 Å². The van der Waals surface area contributed by atoms with Crippen molar-refractivity contribution in [1.82, 2.24) is 15.5 Å². The number of carbonyl (C=O) groups is 1. The van der Waals surface area contributed by atoms with E-state index >= 15 is 0 Å². The number of hydrogen-bond donors (Lipinski definition) is 2.